The van der Waals surface area contributed by atoms with Crippen LogP contribution in [0, 0.1) is 18.3 Å². The SMILES string of the molecule is Cc1c(Cl)cccc1NC(=O)c1cc(Nc2cccc(C#N)c2)ncn1. The fraction of sp³-hybridized carbons (Fsp3) is 0.0526. The zero-order chi connectivity index (χ0) is 18.5. The summed E-state index contributed by atoms with van der Waals surface area (Å²) in [6.45, 7) is 1.83. The van der Waals surface area contributed by atoms with Crippen molar-refractivity contribution in [1.82, 2.24) is 9.97 Å². The zero-order valence-corrected chi connectivity index (χ0v) is 14.6. The topological polar surface area (TPSA) is 90.7 Å². The molecule has 1 amide bonds. The van der Waals surface area contributed by atoms with Crippen LogP contribution in [-0.2, 0) is 0 Å². The van der Waals surface area contributed by atoms with Crippen LogP contribution < -0.4 is 10.6 Å². The molecule has 3 rings (SSSR count). The lowest BCUT2D eigenvalue weighted by molar-refractivity contribution is 0.102. The molecule has 0 saturated carbocycles. The van der Waals surface area contributed by atoms with E-state index in [2.05, 4.69) is 26.7 Å². The minimum atomic E-state index is -0.369. The molecule has 0 bridgehead atoms. The molecule has 128 valence electrons. The molecule has 0 radical (unpaired) electrons. The predicted octanol–water partition coefficient (Wildman–Crippen LogP) is 4.31. The number of halogens is 1. The number of benzene rings is 2. The quantitative estimate of drug-likeness (QED) is 0.720. The third kappa shape index (κ3) is 3.97. The molecule has 26 heavy (non-hydrogen) atoms. The molecule has 0 aliphatic heterocycles. The first-order valence-corrected chi connectivity index (χ1v) is 8.10. The van der Waals surface area contributed by atoms with Crippen LogP contribution in [0.5, 0.6) is 0 Å². The van der Waals surface area contributed by atoms with Crippen molar-refractivity contribution in [2.24, 2.45) is 0 Å². The van der Waals surface area contributed by atoms with Crippen LogP contribution in [0.15, 0.2) is 54.9 Å². The van der Waals surface area contributed by atoms with E-state index in [1.807, 2.05) is 6.92 Å². The van der Waals surface area contributed by atoms with Crippen LogP contribution in [0.4, 0.5) is 17.2 Å². The maximum Gasteiger partial charge on any atom is 0.274 e. The third-order valence-corrected chi connectivity index (χ3v) is 4.09. The second-order valence-electron chi connectivity index (χ2n) is 5.47. The summed E-state index contributed by atoms with van der Waals surface area (Å²) in [7, 11) is 0. The van der Waals surface area contributed by atoms with Gasteiger partial charge < -0.3 is 10.6 Å². The van der Waals surface area contributed by atoms with Gasteiger partial charge in [-0.1, -0.05) is 23.7 Å². The molecule has 6 nitrogen and oxygen atoms in total. The van der Waals surface area contributed by atoms with Gasteiger partial charge in [0.25, 0.3) is 5.91 Å². The van der Waals surface area contributed by atoms with Crippen molar-refractivity contribution in [1.29, 1.82) is 5.26 Å². The van der Waals surface area contributed by atoms with Gasteiger partial charge in [-0.15, -0.1) is 0 Å². The smallest absolute Gasteiger partial charge is 0.274 e. The number of carbonyl (C=O) groups excluding carboxylic acids is 1. The van der Waals surface area contributed by atoms with Crippen LogP contribution in [0.25, 0.3) is 0 Å². The van der Waals surface area contributed by atoms with Crippen molar-refractivity contribution in [3.05, 3.63) is 76.7 Å². The summed E-state index contributed by atoms with van der Waals surface area (Å²) in [5.41, 5.74) is 2.83. The Balaban J connectivity index is 1.79. The molecular formula is C19H14ClN5O. The Morgan fingerprint density at radius 3 is 2.77 bits per heavy atom. The van der Waals surface area contributed by atoms with Gasteiger partial charge in [0.2, 0.25) is 0 Å². The van der Waals surface area contributed by atoms with Crippen molar-refractivity contribution in [2.45, 2.75) is 6.92 Å². The van der Waals surface area contributed by atoms with Gasteiger partial charge in [-0.3, -0.25) is 4.79 Å². The molecular weight excluding hydrogens is 350 g/mol. The van der Waals surface area contributed by atoms with Crippen molar-refractivity contribution < 1.29 is 4.79 Å². The number of hydrogen-bond donors (Lipinski definition) is 2. The Bertz CT molecular complexity index is 1010. The van der Waals surface area contributed by atoms with Crippen LogP contribution in [-0.4, -0.2) is 15.9 Å². The Kier molecular flexibility index (Phi) is 5.11. The number of nitriles is 1. The van der Waals surface area contributed by atoms with Gasteiger partial charge in [-0.25, -0.2) is 9.97 Å². The summed E-state index contributed by atoms with van der Waals surface area (Å²) in [5.74, 6) is 0.0784. The zero-order valence-electron chi connectivity index (χ0n) is 13.8. The molecule has 0 unspecified atom stereocenters. The van der Waals surface area contributed by atoms with E-state index in [4.69, 9.17) is 16.9 Å². The van der Waals surface area contributed by atoms with Crippen molar-refractivity contribution >= 4 is 34.7 Å². The molecule has 0 saturated heterocycles. The summed E-state index contributed by atoms with van der Waals surface area (Å²) in [4.78, 5) is 20.6. The highest BCUT2D eigenvalue weighted by molar-refractivity contribution is 6.31. The monoisotopic (exact) mass is 363 g/mol. The average molecular weight is 364 g/mol. The predicted molar refractivity (Wildman–Crippen MR) is 101 cm³/mol. The lowest BCUT2D eigenvalue weighted by Gasteiger charge is -2.10. The molecule has 7 heteroatoms. The van der Waals surface area contributed by atoms with E-state index in [0.717, 1.165) is 5.56 Å². The van der Waals surface area contributed by atoms with Crippen molar-refractivity contribution in [3.8, 4) is 6.07 Å². The molecule has 1 heterocycles. The van der Waals surface area contributed by atoms with E-state index in [0.29, 0.717) is 27.8 Å². The standard InChI is InChI=1S/C19H14ClN5O/c1-12-15(20)6-3-7-16(12)25-19(26)17-9-18(23-11-22-17)24-14-5-2-4-13(8-14)10-21/h2-9,11H,1H3,(H,25,26)(H,22,23,24). The summed E-state index contributed by atoms with van der Waals surface area (Å²) in [6, 6.07) is 15.9. The second kappa shape index (κ2) is 7.64. The summed E-state index contributed by atoms with van der Waals surface area (Å²) in [5, 5.41) is 15.4. The number of carbonyl (C=O) groups is 1. The fourth-order valence-electron chi connectivity index (χ4n) is 2.29. The first-order chi connectivity index (χ1) is 12.6. The number of aromatic nitrogens is 2. The molecule has 0 spiro atoms. The van der Waals surface area contributed by atoms with E-state index in [9.17, 15) is 4.79 Å². The van der Waals surface area contributed by atoms with Gasteiger partial charge in [0.1, 0.15) is 17.8 Å². The van der Waals surface area contributed by atoms with E-state index < -0.39 is 0 Å². The van der Waals surface area contributed by atoms with Gasteiger partial charge in [-0.2, -0.15) is 5.26 Å². The highest BCUT2D eigenvalue weighted by Gasteiger charge is 2.11. The van der Waals surface area contributed by atoms with Crippen LogP contribution in [0.2, 0.25) is 5.02 Å². The third-order valence-electron chi connectivity index (χ3n) is 3.68. The van der Waals surface area contributed by atoms with E-state index in [1.165, 1.54) is 12.4 Å². The average Bonchev–Trinajstić information content (AvgIpc) is 2.66. The highest BCUT2D eigenvalue weighted by Crippen LogP contribution is 2.23. The molecule has 0 atom stereocenters. The first-order valence-electron chi connectivity index (χ1n) is 7.72. The number of amides is 1. The number of nitrogens with zero attached hydrogens (tertiary/aromatic N) is 3. The summed E-state index contributed by atoms with van der Waals surface area (Å²) < 4.78 is 0. The maximum absolute atomic E-state index is 12.5. The Morgan fingerprint density at radius 2 is 1.96 bits per heavy atom. The fourth-order valence-corrected chi connectivity index (χ4v) is 2.47. The number of anilines is 3. The highest BCUT2D eigenvalue weighted by atomic mass is 35.5. The lowest BCUT2D eigenvalue weighted by Crippen LogP contribution is -2.15. The Hall–Kier alpha value is -3.43. The molecule has 2 aromatic carbocycles. The number of hydrogen-bond acceptors (Lipinski definition) is 5. The minimum absolute atomic E-state index is 0.207. The Morgan fingerprint density at radius 1 is 1.15 bits per heavy atom. The molecule has 1 aromatic heterocycles. The van der Waals surface area contributed by atoms with Gasteiger partial charge in [0.05, 0.1) is 11.6 Å². The van der Waals surface area contributed by atoms with Crippen molar-refractivity contribution in [2.75, 3.05) is 10.6 Å². The van der Waals surface area contributed by atoms with E-state index in [-0.39, 0.29) is 11.6 Å². The van der Waals surface area contributed by atoms with Gasteiger partial charge in [0.15, 0.2) is 0 Å². The van der Waals surface area contributed by atoms with Crippen LogP contribution >= 0.6 is 11.6 Å². The van der Waals surface area contributed by atoms with Crippen LogP contribution in [0.1, 0.15) is 21.6 Å². The second-order valence-corrected chi connectivity index (χ2v) is 5.88. The normalized spacial score (nSPS) is 10.0. The minimum Gasteiger partial charge on any atom is -0.340 e. The molecule has 0 fully saturated rings. The molecule has 2 N–H and O–H groups in total. The molecule has 0 aliphatic rings. The van der Waals surface area contributed by atoms with E-state index >= 15 is 0 Å². The number of nitrogens with one attached hydrogen (secondary N) is 2. The first kappa shape index (κ1) is 17.4. The maximum atomic E-state index is 12.5. The lowest BCUT2D eigenvalue weighted by atomic mass is 10.2. The molecule has 0 aliphatic carbocycles. The van der Waals surface area contributed by atoms with Crippen molar-refractivity contribution in [3.63, 3.8) is 0 Å². The largest absolute Gasteiger partial charge is 0.340 e. The van der Waals surface area contributed by atoms with E-state index in [1.54, 1.807) is 42.5 Å². The summed E-state index contributed by atoms with van der Waals surface area (Å²) in [6.07, 6.45) is 1.30. The molecule has 3 aromatic rings. The van der Waals surface area contributed by atoms with Gasteiger partial charge in [0, 0.05) is 22.5 Å². The van der Waals surface area contributed by atoms with Gasteiger partial charge in [-0.05, 0) is 42.8 Å². The van der Waals surface area contributed by atoms with Gasteiger partial charge >= 0.3 is 0 Å². The Labute approximate surface area is 155 Å². The summed E-state index contributed by atoms with van der Waals surface area (Å²) >= 11 is 6.07. The van der Waals surface area contributed by atoms with Crippen LogP contribution in [0.3, 0.4) is 0 Å². The number of rotatable bonds is 4.